The van der Waals surface area contributed by atoms with Crippen LogP contribution in [0.4, 0.5) is 5.13 Å². The maximum Gasteiger partial charge on any atom is 0.259 e. The van der Waals surface area contributed by atoms with Crippen molar-refractivity contribution in [1.29, 1.82) is 0 Å². The van der Waals surface area contributed by atoms with Crippen LogP contribution in [0.2, 0.25) is 0 Å². The van der Waals surface area contributed by atoms with Crippen LogP contribution >= 0.6 is 11.3 Å². The van der Waals surface area contributed by atoms with E-state index in [4.69, 9.17) is 4.74 Å². The van der Waals surface area contributed by atoms with Crippen molar-refractivity contribution >= 4 is 22.4 Å². The molecule has 4 rings (SSSR count). The number of anilines is 1. The van der Waals surface area contributed by atoms with Crippen molar-refractivity contribution in [2.45, 2.75) is 0 Å². The Balaban J connectivity index is 1.56. The number of hydrogen-bond donors (Lipinski definition) is 1. The number of benzene rings is 1. The molecule has 28 heavy (non-hydrogen) atoms. The maximum atomic E-state index is 12.8. The summed E-state index contributed by atoms with van der Waals surface area (Å²) in [4.78, 5) is 26.0. The van der Waals surface area contributed by atoms with E-state index in [1.807, 2.05) is 47.8 Å². The summed E-state index contributed by atoms with van der Waals surface area (Å²) in [5, 5.41) is 5.21. The van der Waals surface area contributed by atoms with Gasteiger partial charge in [0.2, 0.25) is 0 Å². The van der Waals surface area contributed by atoms with Gasteiger partial charge in [0.15, 0.2) is 5.13 Å². The zero-order valence-corrected chi connectivity index (χ0v) is 15.8. The van der Waals surface area contributed by atoms with Crippen LogP contribution < -0.4 is 10.1 Å². The highest BCUT2D eigenvalue weighted by Crippen LogP contribution is 2.26. The molecule has 0 radical (unpaired) electrons. The minimum atomic E-state index is -0.254. The SMILES string of the molecule is COc1ccc(-c2csc(NC(=O)c3cccnc3-c3ccccc3)n2)nc1. The van der Waals surface area contributed by atoms with Gasteiger partial charge < -0.3 is 4.74 Å². The average molecular weight is 388 g/mol. The number of methoxy groups -OCH3 is 1. The van der Waals surface area contributed by atoms with E-state index in [2.05, 4.69) is 20.3 Å². The minimum absolute atomic E-state index is 0.254. The Morgan fingerprint density at radius 1 is 1.00 bits per heavy atom. The third-order valence-electron chi connectivity index (χ3n) is 4.06. The molecule has 0 saturated carbocycles. The highest BCUT2D eigenvalue weighted by atomic mass is 32.1. The standard InChI is InChI=1S/C21H16N4O2S/c1-27-15-9-10-17(23-12-15)18-13-28-21(24-18)25-20(26)16-8-5-11-22-19(16)14-6-3-2-4-7-14/h2-13H,1H3,(H,24,25,26). The summed E-state index contributed by atoms with van der Waals surface area (Å²) >= 11 is 1.34. The van der Waals surface area contributed by atoms with Gasteiger partial charge in [-0.05, 0) is 24.3 Å². The first-order valence-corrected chi connectivity index (χ1v) is 9.40. The number of amides is 1. The van der Waals surface area contributed by atoms with Crippen molar-refractivity contribution in [3.8, 4) is 28.4 Å². The molecular formula is C21H16N4O2S. The number of thiazole rings is 1. The molecular weight excluding hydrogens is 372 g/mol. The zero-order valence-electron chi connectivity index (χ0n) is 15.0. The van der Waals surface area contributed by atoms with Crippen LogP contribution in [0.25, 0.3) is 22.6 Å². The largest absolute Gasteiger partial charge is 0.495 e. The molecule has 138 valence electrons. The summed E-state index contributed by atoms with van der Waals surface area (Å²) in [7, 11) is 1.59. The lowest BCUT2D eigenvalue weighted by Crippen LogP contribution is -2.13. The van der Waals surface area contributed by atoms with Gasteiger partial charge in [0.1, 0.15) is 11.4 Å². The Morgan fingerprint density at radius 3 is 2.61 bits per heavy atom. The number of nitrogens with zero attached hydrogens (tertiary/aromatic N) is 3. The molecule has 6 nitrogen and oxygen atoms in total. The predicted octanol–water partition coefficient (Wildman–Crippen LogP) is 4.53. The van der Waals surface area contributed by atoms with Crippen molar-refractivity contribution in [2.75, 3.05) is 12.4 Å². The normalized spacial score (nSPS) is 10.5. The van der Waals surface area contributed by atoms with E-state index in [0.29, 0.717) is 33.5 Å². The molecule has 4 aromatic rings. The van der Waals surface area contributed by atoms with E-state index in [9.17, 15) is 4.79 Å². The van der Waals surface area contributed by atoms with Gasteiger partial charge in [-0.25, -0.2) is 4.98 Å². The summed E-state index contributed by atoms with van der Waals surface area (Å²) in [6.45, 7) is 0. The highest BCUT2D eigenvalue weighted by Gasteiger charge is 2.16. The lowest BCUT2D eigenvalue weighted by atomic mass is 10.1. The Hall–Kier alpha value is -3.58. The molecule has 7 heteroatoms. The lowest BCUT2D eigenvalue weighted by Gasteiger charge is -2.08. The van der Waals surface area contributed by atoms with Crippen molar-refractivity contribution in [3.63, 3.8) is 0 Å². The van der Waals surface area contributed by atoms with E-state index in [1.165, 1.54) is 11.3 Å². The quantitative estimate of drug-likeness (QED) is 0.544. The number of ether oxygens (including phenoxy) is 1. The second-order valence-corrected chi connectivity index (χ2v) is 6.70. The summed E-state index contributed by atoms with van der Waals surface area (Å²) in [5.41, 5.74) is 3.42. The van der Waals surface area contributed by atoms with Crippen molar-refractivity contribution in [2.24, 2.45) is 0 Å². The molecule has 1 aromatic carbocycles. The molecule has 1 N–H and O–H groups in total. The smallest absolute Gasteiger partial charge is 0.259 e. The molecule has 0 bridgehead atoms. The van der Waals surface area contributed by atoms with E-state index in [-0.39, 0.29) is 5.91 Å². The highest BCUT2D eigenvalue weighted by molar-refractivity contribution is 7.14. The number of rotatable bonds is 5. The molecule has 0 aliphatic rings. The molecule has 0 aliphatic heterocycles. The monoisotopic (exact) mass is 388 g/mol. The van der Waals surface area contributed by atoms with Crippen LogP contribution in [0.1, 0.15) is 10.4 Å². The molecule has 3 aromatic heterocycles. The van der Waals surface area contributed by atoms with Crippen LogP contribution in [0.15, 0.2) is 72.4 Å². The maximum absolute atomic E-state index is 12.8. The lowest BCUT2D eigenvalue weighted by molar-refractivity contribution is 0.102. The predicted molar refractivity (Wildman–Crippen MR) is 110 cm³/mol. The molecule has 0 saturated heterocycles. The van der Waals surface area contributed by atoms with E-state index >= 15 is 0 Å². The van der Waals surface area contributed by atoms with Gasteiger partial charge in [-0.3, -0.25) is 20.1 Å². The number of pyridine rings is 2. The third kappa shape index (κ3) is 3.74. The average Bonchev–Trinajstić information content (AvgIpc) is 3.23. The van der Waals surface area contributed by atoms with Crippen LogP contribution in [0, 0.1) is 0 Å². The molecule has 0 fully saturated rings. The van der Waals surface area contributed by atoms with Gasteiger partial charge in [-0.2, -0.15) is 0 Å². The molecule has 3 heterocycles. The summed E-state index contributed by atoms with van der Waals surface area (Å²) in [6.07, 6.45) is 3.31. The summed E-state index contributed by atoms with van der Waals surface area (Å²) in [5.74, 6) is 0.424. The molecule has 0 atom stereocenters. The fourth-order valence-electron chi connectivity index (χ4n) is 2.68. The molecule has 1 amide bonds. The first kappa shape index (κ1) is 17.8. The molecule has 0 unspecified atom stereocenters. The van der Waals surface area contributed by atoms with Gasteiger partial charge in [0.25, 0.3) is 5.91 Å². The number of carbonyl (C=O) groups is 1. The topological polar surface area (TPSA) is 77.0 Å². The van der Waals surface area contributed by atoms with Crippen LogP contribution in [-0.2, 0) is 0 Å². The number of hydrogen-bond acceptors (Lipinski definition) is 6. The van der Waals surface area contributed by atoms with E-state index in [0.717, 1.165) is 5.56 Å². The van der Waals surface area contributed by atoms with Crippen LogP contribution in [0.5, 0.6) is 5.75 Å². The van der Waals surface area contributed by atoms with Gasteiger partial charge in [-0.1, -0.05) is 30.3 Å². The van der Waals surface area contributed by atoms with Gasteiger partial charge in [-0.15, -0.1) is 11.3 Å². The Morgan fingerprint density at radius 2 is 1.86 bits per heavy atom. The van der Waals surface area contributed by atoms with Gasteiger partial charge in [0.05, 0.1) is 30.3 Å². The van der Waals surface area contributed by atoms with Crippen molar-refractivity contribution in [1.82, 2.24) is 15.0 Å². The fourth-order valence-corrected chi connectivity index (χ4v) is 3.38. The summed E-state index contributed by atoms with van der Waals surface area (Å²) < 4.78 is 5.12. The fraction of sp³-hybridized carbons (Fsp3) is 0.0476. The van der Waals surface area contributed by atoms with Crippen molar-refractivity contribution in [3.05, 3.63) is 77.9 Å². The number of nitrogens with one attached hydrogen (secondary N) is 1. The number of aromatic nitrogens is 3. The van der Waals surface area contributed by atoms with E-state index < -0.39 is 0 Å². The Bertz CT molecular complexity index is 1090. The van der Waals surface area contributed by atoms with Crippen LogP contribution in [0.3, 0.4) is 0 Å². The van der Waals surface area contributed by atoms with E-state index in [1.54, 1.807) is 31.6 Å². The van der Waals surface area contributed by atoms with Gasteiger partial charge in [0, 0.05) is 17.1 Å². The zero-order chi connectivity index (χ0) is 19.3. The Labute approximate surface area is 165 Å². The number of carbonyl (C=O) groups excluding carboxylic acids is 1. The first-order valence-electron chi connectivity index (χ1n) is 8.52. The Kier molecular flexibility index (Phi) is 5.07. The van der Waals surface area contributed by atoms with Gasteiger partial charge >= 0.3 is 0 Å². The molecule has 0 spiro atoms. The second kappa shape index (κ2) is 7.98. The van der Waals surface area contributed by atoms with Crippen molar-refractivity contribution < 1.29 is 9.53 Å². The third-order valence-corrected chi connectivity index (χ3v) is 4.82. The first-order chi connectivity index (χ1) is 13.7. The minimum Gasteiger partial charge on any atom is -0.495 e. The summed E-state index contributed by atoms with van der Waals surface area (Å²) in [6, 6.07) is 16.8. The molecule has 0 aliphatic carbocycles. The van der Waals surface area contributed by atoms with Crippen LogP contribution in [-0.4, -0.2) is 28.0 Å². The second-order valence-electron chi connectivity index (χ2n) is 5.84.